The summed E-state index contributed by atoms with van der Waals surface area (Å²) in [5.74, 6) is -0.497. The molecule has 82 valence electrons. The minimum Gasteiger partial charge on any atom is -0.469 e. The number of esters is 1. The monoisotopic (exact) mass is 201 g/mol. The van der Waals surface area contributed by atoms with E-state index in [9.17, 15) is 4.79 Å². The Balaban J connectivity index is 4.86. The zero-order chi connectivity index (χ0) is 11.6. The summed E-state index contributed by atoms with van der Waals surface area (Å²) < 4.78 is 4.69. The van der Waals surface area contributed by atoms with E-state index in [4.69, 9.17) is 15.9 Å². The van der Waals surface area contributed by atoms with Crippen LogP contribution in [0.25, 0.3) is 0 Å². The van der Waals surface area contributed by atoms with E-state index in [2.05, 4.69) is 5.32 Å². The molecular formula is C9H19N3O2. The fraction of sp³-hybridized carbons (Fsp3) is 0.778. The van der Waals surface area contributed by atoms with E-state index >= 15 is 0 Å². The van der Waals surface area contributed by atoms with Crippen molar-refractivity contribution in [1.82, 2.24) is 5.32 Å². The van der Waals surface area contributed by atoms with Crippen molar-refractivity contribution in [1.29, 1.82) is 5.41 Å². The molecule has 0 aromatic carbocycles. The van der Waals surface area contributed by atoms with E-state index in [0.29, 0.717) is 0 Å². The number of hydrogen-bond donors (Lipinski definition) is 3. The van der Waals surface area contributed by atoms with Crippen LogP contribution < -0.4 is 11.1 Å². The number of nitrogens with one attached hydrogen (secondary N) is 2. The molecule has 0 amide bonds. The smallest absolute Gasteiger partial charge is 0.313 e. The Bertz CT molecular complexity index is 246. The lowest BCUT2D eigenvalue weighted by Gasteiger charge is -2.39. The van der Waals surface area contributed by atoms with Crippen LogP contribution in [-0.4, -0.2) is 24.6 Å². The first-order chi connectivity index (χ1) is 6.15. The van der Waals surface area contributed by atoms with E-state index < -0.39 is 11.0 Å². The largest absolute Gasteiger partial charge is 0.469 e. The quantitative estimate of drug-likeness (QED) is 0.351. The number of nitrogens with two attached hydrogens (primary N) is 1. The van der Waals surface area contributed by atoms with Gasteiger partial charge in [0.15, 0.2) is 5.96 Å². The van der Waals surface area contributed by atoms with Crippen LogP contribution in [0.5, 0.6) is 0 Å². The standard InChI is InChI=1S/C9H19N3O2/c1-8(2,6(13)14-5)9(3,4)12-7(10)11/h1-5H3,(H4,10,11,12). The molecule has 0 aliphatic carbocycles. The third-order valence-corrected chi connectivity index (χ3v) is 2.71. The number of rotatable bonds is 3. The molecule has 5 heteroatoms. The van der Waals surface area contributed by atoms with Gasteiger partial charge in [-0.05, 0) is 27.7 Å². The van der Waals surface area contributed by atoms with Crippen LogP contribution in [0.1, 0.15) is 27.7 Å². The van der Waals surface area contributed by atoms with Gasteiger partial charge in [-0.25, -0.2) is 0 Å². The lowest BCUT2D eigenvalue weighted by atomic mass is 9.74. The van der Waals surface area contributed by atoms with Crippen LogP contribution in [0.15, 0.2) is 0 Å². The summed E-state index contributed by atoms with van der Waals surface area (Å²) in [7, 11) is 1.34. The highest BCUT2D eigenvalue weighted by Gasteiger charge is 2.44. The Hall–Kier alpha value is -1.26. The Labute approximate surface area is 84.5 Å². The predicted octanol–water partition coefficient (Wildman–Crippen LogP) is 0.447. The van der Waals surface area contributed by atoms with Crippen LogP contribution in [0.3, 0.4) is 0 Å². The highest BCUT2D eigenvalue weighted by molar-refractivity contribution is 5.80. The first kappa shape index (κ1) is 12.7. The zero-order valence-electron chi connectivity index (χ0n) is 9.39. The summed E-state index contributed by atoms with van der Waals surface area (Å²) in [5.41, 5.74) is 3.85. The van der Waals surface area contributed by atoms with E-state index in [-0.39, 0.29) is 11.9 Å². The van der Waals surface area contributed by atoms with Crippen molar-refractivity contribution in [3.05, 3.63) is 0 Å². The van der Waals surface area contributed by atoms with Gasteiger partial charge < -0.3 is 15.8 Å². The van der Waals surface area contributed by atoms with Gasteiger partial charge in [0.2, 0.25) is 0 Å². The lowest BCUT2D eigenvalue weighted by molar-refractivity contribution is -0.154. The van der Waals surface area contributed by atoms with E-state index in [1.807, 2.05) is 0 Å². The third-order valence-electron chi connectivity index (χ3n) is 2.71. The Morgan fingerprint density at radius 3 is 2.07 bits per heavy atom. The zero-order valence-corrected chi connectivity index (χ0v) is 9.39. The maximum atomic E-state index is 11.5. The molecule has 0 atom stereocenters. The fourth-order valence-electron chi connectivity index (χ4n) is 1.00. The van der Waals surface area contributed by atoms with Crippen LogP contribution in [0.4, 0.5) is 0 Å². The van der Waals surface area contributed by atoms with Crippen LogP contribution in [-0.2, 0) is 9.53 Å². The van der Waals surface area contributed by atoms with Gasteiger partial charge in [0.1, 0.15) is 0 Å². The number of carbonyl (C=O) groups excluding carboxylic acids is 1. The topological polar surface area (TPSA) is 88.2 Å². The predicted molar refractivity (Wildman–Crippen MR) is 54.9 cm³/mol. The SMILES string of the molecule is COC(=O)C(C)(C)C(C)(C)NC(=N)N. The summed E-state index contributed by atoms with van der Waals surface area (Å²) in [5, 5.41) is 9.88. The molecule has 0 aliphatic heterocycles. The van der Waals surface area contributed by atoms with Gasteiger partial charge in [0.05, 0.1) is 18.1 Å². The number of carbonyl (C=O) groups is 1. The van der Waals surface area contributed by atoms with Crippen molar-refractivity contribution < 1.29 is 9.53 Å². The number of hydrogen-bond acceptors (Lipinski definition) is 3. The molecule has 0 spiro atoms. The second-order valence-electron chi connectivity index (χ2n) is 4.28. The minimum atomic E-state index is -0.757. The minimum absolute atomic E-state index is 0.160. The van der Waals surface area contributed by atoms with Gasteiger partial charge >= 0.3 is 5.97 Å². The molecule has 0 unspecified atom stereocenters. The third kappa shape index (κ3) is 2.37. The van der Waals surface area contributed by atoms with Gasteiger partial charge in [-0.3, -0.25) is 10.2 Å². The Morgan fingerprint density at radius 1 is 1.36 bits per heavy atom. The average Bonchev–Trinajstić information content (AvgIpc) is 2.00. The summed E-state index contributed by atoms with van der Waals surface area (Å²) in [4.78, 5) is 11.5. The molecule has 0 heterocycles. The number of guanidine groups is 1. The molecule has 0 saturated heterocycles. The molecule has 0 radical (unpaired) electrons. The highest BCUT2D eigenvalue weighted by atomic mass is 16.5. The molecular weight excluding hydrogens is 182 g/mol. The van der Waals surface area contributed by atoms with Gasteiger partial charge in [-0.1, -0.05) is 0 Å². The molecule has 0 aromatic rings. The second-order valence-corrected chi connectivity index (χ2v) is 4.28. The Morgan fingerprint density at radius 2 is 1.79 bits per heavy atom. The van der Waals surface area contributed by atoms with Crippen LogP contribution in [0.2, 0.25) is 0 Å². The number of ether oxygens (including phenoxy) is 1. The first-order valence-electron chi connectivity index (χ1n) is 4.36. The summed E-state index contributed by atoms with van der Waals surface area (Å²) >= 11 is 0. The van der Waals surface area contributed by atoms with Crippen molar-refractivity contribution in [3.8, 4) is 0 Å². The number of methoxy groups -OCH3 is 1. The summed E-state index contributed by atoms with van der Waals surface area (Å²) in [6.07, 6.45) is 0. The molecule has 0 fully saturated rings. The van der Waals surface area contributed by atoms with E-state index in [0.717, 1.165) is 0 Å². The van der Waals surface area contributed by atoms with Gasteiger partial charge in [-0.2, -0.15) is 0 Å². The van der Waals surface area contributed by atoms with Crippen molar-refractivity contribution >= 4 is 11.9 Å². The average molecular weight is 201 g/mol. The molecule has 5 nitrogen and oxygen atoms in total. The second kappa shape index (κ2) is 3.86. The fourth-order valence-corrected chi connectivity index (χ4v) is 1.00. The van der Waals surface area contributed by atoms with Gasteiger partial charge in [-0.15, -0.1) is 0 Å². The van der Waals surface area contributed by atoms with Crippen molar-refractivity contribution in [2.45, 2.75) is 33.2 Å². The molecule has 0 aromatic heterocycles. The van der Waals surface area contributed by atoms with Gasteiger partial charge in [0, 0.05) is 0 Å². The van der Waals surface area contributed by atoms with Crippen molar-refractivity contribution in [2.24, 2.45) is 11.1 Å². The normalized spacial score (nSPS) is 12.1. The van der Waals surface area contributed by atoms with Crippen molar-refractivity contribution in [3.63, 3.8) is 0 Å². The molecule has 0 bridgehead atoms. The van der Waals surface area contributed by atoms with E-state index in [1.54, 1.807) is 27.7 Å². The maximum Gasteiger partial charge on any atom is 0.313 e. The molecule has 4 N–H and O–H groups in total. The highest BCUT2D eigenvalue weighted by Crippen LogP contribution is 2.31. The Kier molecular flexibility index (Phi) is 3.51. The van der Waals surface area contributed by atoms with Gasteiger partial charge in [0.25, 0.3) is 0 Å². The molecule has 0 aliphatic rings. The van der Waals surface area contributed by atoms with Crippen molar-refractivity contribution in [2.75, 3.05) is 7.11 Å². The summed E-state index contributed by atoms with van der Waals surface area (Å²) in [6.45, 7) is 7.08. The summed E-state index contributed by atoms with van der Waals surface area (Å²) in [6, 6.07) is 0. The molecule has 0 saturated carbocycles. The maximum absolute atomic E-state index is 11.5. The molecule has 0 rings (SSSR count). The first-order valence-corrected chi connectivity index (χ1v) is 4.36. The molecule has 14 heavy (non-hydrogen) atoms. The van der Waals surface area contributed by atoms with Crippen LogP contribution in [0, 0.1) is 10.8 Å². The van der Waals surface area contributed by atoms with Crippen LogP contribution >= 0.6 is 0 Å². The lowest BCUT2D eigenvalue weighted by Crippen LogP contribution is -2.58. The van der Waals surface area contributed by atoms with E-state index in [1.165, 1.54) is 7.11 Å².